The minimum atomic E-state index is -0.819. The van der Waals surface area contributed by atoms with Gasteiger partial charge in [-0.05, 0) is 59.7 Å². The minimum Gasteiger partial charge on any atom is -0.497 e. The van der Waals surface area contributed by atoms with Gasteiger partial charge in [0, 0.05) is 5.56 Å². The second kappa shape index (κ2) is 7.11. The van der Waals surface area contributed by atoms with Gasteiger partial charge in [0.15, 0.2) is 5.78 Å². The van der Waals surface area contributed by atoms with Crippen molar-refractivity contribution in [2.24, 2.45) is 0 Å². The van der Waals surface area contributed by atoms with Crippen molar-refractivity contribution in [2.75, 3.05) is 7.11 Å². The number of carbonyl (C=O) groups excluding carboxylic acids is 1. The summed E-state index contributed by atoms with van der Waals surface area (Å²) in [5.74, 6) is -0.273. The Morgan fingerprint density at radius 3 is 2.16 bits per heavy atom. The van der Waals surface area contributed by atoms with E-state index in [-0.39, 0.29) is 11.2 Å². The van der Waals surface area contributed by atoms with E-state index in [1.807, 2.05) is 19.1 Å². The molecule has 0 N–H and O–H groups in total. The maximum atomic E-state index is 13.1. The lowest BCUT2D eigenvalue weighted by Gasteiger charge is -2.24. The van der Waals surface area contributed by atoms with E-state index in [2.05, 4.69) is 33.8 Å². The molecule has 2 aromatic rings. The monoisotopic (exact) mass is 335 g/mol. The Balaban J connectivity index is 2.49. The molecular weight excluding hydrogens is 310 g/mol. The number of nitriles is 1. The highest BCUT2D eigenvalue weighted by molar-refractivity contribution is 6.04. The first-order valence-electron chi connectivity index (χ1n) is 8.38. The van der Waals surface area contributed by atoms with E-state index in [1.165, 1.54) is 5.56 Å². The number of carbonyl (C=O) groups is 1. The molecule has 0 saturated heterocycles. The van der Waals surface area contributed by atoms with E-state index in [4.69, 9.17) is 4.74 Å². The quantitative estimate of drug-likeness (QED) is 0.730. The fourth-order valence-corrected chi connectivity index (χ4v) is 3.16. The summed E-state index contributed by atoms with van der Waals surface area (Å²) in [5, 5.41) is 9.61. The molecule has 0 aliphatic heterocycles. The van der Waals surface area contributed by atoms with Gasteiger partial charge in [0.25, 0.3) is 0 Å². The number of methoxy groups -OCH3 is 1. The molecule has 25 heavy (non-hydrogen) atoms. The zero-order valence-corrected chi connectivity index (χ0v) is 15.8. The lowest BCUT2D eigenvalue weighted by molar-refractivity contribution is 0.0978. The van der Waals surface area contributed by atoms with Crippen LogP contribution in [0.15, 0.2) is 36.4 Å². The first-order valence-corrected chi connectivity index (χ1v) is 8.38. The molecule has 2 aromatic carbocycles. The van der Waals surface area contributed by atoms with E-state index >= 15 is 0 Å². The molecule has 0 aliphatic carbocycles. The molecule has 0 amide bonds. The van der Waals surface area contributed by atoms with Crippen LogP contribution >= 0.6 is 0 Å². The van der Waals surface area contributed by atoms with Crippen LogP contribution in [0.1, 0.15) is 59.3 Å². The molecule has 0 radical (unpaired) electrons. The van der Waals surface area contributed by atoms with Gasteiger partial charge in [0.2, 0.25) is 0 Å². The van der Waals surface area contributed by atoms with Crippen molar-refractivity contribution < 1.29 is 9.53 Å². The Labute approximate surface area is 150 Å². The van der Waals surface area contributed by atoms with Crippen molar-refractivity contribution in [3.63, 3.8) is 0 Å². The van der Waals surface area contributed by atoms with Gasteiger partial charge in [-0.1, -0.05) is 39.0 Å². The molecule has 0 fully saturated rings. The smallest absolute Gasteiger partial charge is 0.184 e. The van der Waals surface area contributed by atoms with Crippen molar-refractivity contribution in [3.05, 3.63) is 64.2 Å². The van der Waals surface area contributed by atoms with Crippen LogP contribution in [0.25, 0.3) is 0 Å². The Bertz CT molecular complexity index is 821. The fourth-order valence-electron chi connectivity index (χ4n) is 3.16. The van der Waals surface area contributed by atoms with Crippen LogP contribution in [0, 0.1) is 25.2 Å². The average molecular weight is 335 g/mol. The van der Waals surface area contributed by atoms with Gasteiger partial charge >= 0.3 is 0 Å². The van der Waals surface area contributed by atoms with Crippen LogP contribution in [0.4, 0.5) is 0 Å². The van der Waals surface area contributed by atoms with Crippen molar-refractivity contribution in [1.29, 1.82) is 5.26 Å². The van der Waals surface area contributed by atoms with Gasteiger partial charge in [0.05, 0.1) is 13.2 Å². The molecule has 0 saturated carbocycles. The van der Waals surface area contributed by atoms with E-state index < -0.39 is 5.92 Å². The van der Waals surface area contributed by atoms with Crippen molar-refractivity contribution >= 4 is 5.78 Å². The summed E-state index contributed by atoms with van der Waals surface area (Å²) in [6, 6.07) is 13.3. The molecule has 0 bridgehead atoms. The first kappa shape index (κ1) is 18.7. The Morgan fingerprint density at radius 2 is 1.68 bits per heavy atom. The minimum absolute atomic E-state index is 0.0605. The lowest BCUT2D eigenvalue weighted by atomic mass is 9.80. The normalized spacial score (nSPS) is 12.4. The van der Waals surface area contributed by atoms with Gasteiger partial charge in [-0.25, -0.2) is 0 Å². The van der Waals surface area contributed by atoms with Crippen LogP contribution in [-0.4, -0.2) is 12.9 Å². The van der Waals surface area contributed by atoms with E-state index in [0.29, 0.717) is 16.9 Å². The van der Waals surface area contributed by atoms with Gasteiger partial charge in [0.1, 0.15) is 11.7 Å². The fraction of sp³-hybridized carbons (Fsp3) is 0.364. The van der Waals surface area contributed by atoms with E-state index in [0.717, 1.165) is 11.1 Å². The van der Waals surface area contributed by atoms with Gasteiger partial charge in [-0.15, -0.1) is 0 Å². The van der Waals surface area contributed by atoms with Crippen molar-refractivity contribution in [1.82, 2.24) is 0 Å². The summed E-state index contributed by atoms with van der Waals surface area (Å²) in [6.45, 7) is 10.4. The summed E-state index contributed by atoms with van der Waals surface area (Å²) >= 11 is 0. The van der Waals surface area contributed by atoms with Gasteiger partial charge in [-0.3, -0.25) is 4.79 Å². The molecule has 3 heteroatoms. The van der Waals surface area contributed by atoms with E-state index in [9.17, 15) is 10.1 Å². The summed E-state index contributed by atoms with van der Waals surface area (Å²) in [5.41, 5.74) is 4.45. The molecule has 0 aliphatic rings. The zero-order chi connectivity index (χ0) is 18.8. The van der Waals surface area contributed by atoms with Gasteiger partial charge < -0.3 is 4.74 Å². The maximum absolute atomic E-state index is 13.1. The number of benzene rings is 2. The molecule has 1 unspecified atom stereocenters. The van der Waals surface area contributed by atoms with Crippen LogP contribution in [0.5, 0.6) is 5.75 Å². The highest BCUT2D eigenvalue weighted by atomic mass is 16.5. The number of Topliss-reactive ketones (excluding diaryl/α,β-unsaturated/α-hetero) is 1. The maximum Gasteiger partial charge on any atom is 0.184 e. The molecule has 0 spiro atoms. The second-order valence-electron chi connectivity index (χ2n) is 7.43. The Hall–Kier alpha value is -2.60. The third kappa shape index (κ3) is 3.91. The van der Waals surface area contributed by atoms with Crippen molar-refractivity contribution in [2.45, 2.75) is 46.0 Å². The number of aryl methyl sites for hydroxylation is 2. The first-order chi connectivity index (χ1) is 11.7. The summed E-state index contributed by atoms with van der Waals surface area (Å²) in [6.07, 6.45) is 0. The molecule has 1 atom stereocenters. The molecule has 3 nitrogen and oxygen atoms in total. The van der Waals surface area contributed by atoms with E-state index in [1.54, 1.807) is 31.4 Å². The SMILES string of the molecule is COc1ccc(C(C#N)C(=O)c2cc(C(C)(C)C)c(C)cc2C)cc1. The largest absolute Gasteiger partial charge is 0.497 e. The lowest BCUT2D eigenvalue weighted by Crippen LogP contribution is -2.18. The number of hydrogen-bond donors (Lipinski definition) is 0. The predicted octanol–water partition coefficient (Wildman–Crippen LogP) is 5.10. The zero-order valence-electron chi connectivity index (χ0n) is 15.8. The summed E-state index contributed by atoms with van der Waals surface area (Å²) in [4.78, 5) is 13.1. The summed E-state index contributed by atoms with van der Waals surface area (Å²) in [7, 11) is 1.59. The number of nitrogens with zero attached hydrogens (tertiary/aromatic N) is 1. The molecule has 0 heterocycles. The number of ether oxygens (including phenoxy) is 1. The van der Waals surface area contributed by atoms with Crippen LogP contribution in [0.3, 0.4) is 0 Å². The number of hydrogen-bond acceptors (Lipinski definition) is 3. The van der Waals surface area contributed by atoms with Crippen LogP contribution < -0.4 is 4.74 Å². The third-order valence-electron chi connectivity index (χ3n) is 4.49. The van der Waals surface area contributed by atoms with Crippen molar-refractivity contribution in [3.8, 4) is 11.8 Å². The van der Waals surface area contributed by atoms with Crippen LogP contribution in [0.2, 0.25) is 0 Å². The Kier molecular flexibility index (Phi) is 5.33. The topological polar surface area (TPSA) is 50.1 Å². The highest BCUT2D eigenvalue weighted by Gasteiger charge is 2.26. The Morgan fingerprint density at radius 1 is 1.08 bits per heavy atom. The molecule has 0 aromatic heterocycles. The highest BCUT2D eigenvalue weighted by Crippen LogP contribution is 2.31. The standard InChI is InChI=1S/C22H25NO2/c1-14-11-15(2)20(22(3,4)5)12-18(14)21(24)19(13-23)16-7-9-17(25-6)10-8-16/h7-12,19H,1-6H3. The number of ketones is 1. The molecular formula is C22H25NO2. The average Bonchev–Trinajstić information content (AvgIpc) is 2.54. The predicted molar refractivity (Wildman–Crippen MR) is 100 cm³/mol. The number of rotatable bonds is 4. The molecule has 2 rings (SSSR count). The second-order valence-corrected chi connectivity index (χ2v) is 7.43. The van der Waals surface area contributed by atoms with Gasteiger partial charge in [-0.2, -0.15) is 5.26 Å². The molecule has 130 valence electrons. The van der Waals surface area contributed by atoms with Crippen LogP contribution in [-0.2, 0) is 5.41 Å². The summed E-state index contributed by atoms with van der Waals surface area (Å²) < 4.78 is 5.15. The third-order valence-corrected chi connectivity index (χ3v) is 4.49.